The van der Waals surface area contributed by atoms with Crippen LogP contribution >= 0.6 is 11.3 Å². The lowest BCUT2D eigenvalue weighted by molar-refractivity contribution is -0.145. The monoisotopic (exact) mass is 626 g/mol. The Bertz CT molecular complexity index is 1250. The van der Waals surface area contributed by atoms with E-state index in [9.17, 15) is 24.3 Å². The van der Waals surface area contributed by atoms with Crippen LogP contribution in [0.2, 0.25) is 0 Å². The Morgan fingerprint density at radius 3 is 2.14 bits per heavy atom. The number of amides is 1. The fourth-order valence-electron chi connectivity index (χ4n) is 5.97. The minimum absolute atomic E-state index is 0.0549. The molecule has 0 bridgehead atoms. The molecule has 0 spiro atoms. The minimum atomic E-state index is -0.754. The number of rotatable bonds is 18. The van der Waals surface area contributed by atoms with Gasteiger partial charge in [0.25, 0.3) is 0 Å². The quantitative estimate of drug-likeness (QED) is 0.174. The summed E-state index contributed by atoms with van der Waals surface area (Å²) in [5, 5.41) is 19.2. The van der Waals surface area contributed by atoms with Crippen molar-refractivity contribution in [2.75, 3.05) is 6.54 Å². The van der Waals surface area contributed by atoms with Crippen LogP contribution in [-0.2, 0) is 25.6 Å². The summed E-state index contributed by atoms with van der Waals surface area (Å²) in [4.78, 5) is 57.8. The van der Waals surface area contributed by atoms with Gasteiger partial charge in [-0.1, -0.05) is 77.1 Å². The van der Waals surface area contributed by atoms with E-state index in [0.717, 1.165) is 60.2 Å². The number of hydrogen-bond donors (Lipinski definition) is 2. The molecule has 1 saturated heterocycles. The van der Waals surface area contributed by atoms with Crippen molar-refractivity contribution in [2.45, 2.75) is 123 Å². The van der Waals surface area contributed by atoms with Crippen LogP contribution < -0.4 is 0 Å². The molecule has 2 aromatic rings. The number of β-amino-alcohol motifs (C(OH)–C–C–N with tert-alkyl or cyclic N) is 1. The van der Waals surface area contributed by atoms with E-state index in [1.54, 1.807) is 11.3 Å². The first-order valence-electron chi connectivity index (χ1n) is 16.1. The predicted molar refractivity (Wildman–Crippen MR) is 173 cm³/mol. The first-order valence-corrected chi connectivity index (χ1v) is 17.0. The molecule has 1 aliphatic rings. The Morgan fingerprint density at radius 2 is 1.57 bits per heavy atom. The number of carboxylic acids is 1. The number of benzene rings is 1. The zero-order valence-electron chi connectivity index (χ0n) is 26.8. The number of carboxylic acid groups (broad SMARTS) is 1. The molecule has 2 heterocycles. The highest BCUT2D eigenvalue weighted by molar-refractivity contribution is 7.13. The number of aryl methyl sites for hydroxylation is 2. The molecule has 3 rings (SSSR count). The molecule has 0 aliphatic carbocycles. The highest BCUT2D eigenvalue weighted by Crippen LogP contribution is 2.34. The molecule has 2 N–H and O–H groups in total. The van der Waals surface area contributed by atoms with Gasteiger partial charge in [0.1, 0.15) is 5.78 Å². The molecule has 1 aromatic carbocycles. The van der Waals surface area contributed by atoms with Gasteiger partial charge < -0.3 is 15.1 Å². The second-order valence-electron chi connectivity index (χ2n) is 13.4. The van der Waals surface area contributed by atoms with Crippen molar-refractivity contribution in [1.29, 1.82) is 0 Å². The van der Waals surface area contributed by atoms with E-state index in [0.29, 0.717) is 19.3 Å². The third-order valence-corrected chi connectivity index (χ3v) is 9.65. The lowest BCUT2D eigenvalue weighted by Gasteiger charge is -2.34. The molecule has 1 amide bonds. The summed E-state index contributed by atoms with van der Waals surface area (Å²) < 4.78 is 0. The Labute approximate surface area is 266 Å². The van der Waals surface area contributed by atoms with E-state index in [4.69, 9.17) is 5.11 Å². The third kappa shape index (κ3) is 10.9. The van der Waals surface area contributed by atoms with Gasteiger partial charge >= 0.3 is 5.97 Å². The Hall–Kier alpha value is -2.91. The first-order chi connectivity index (χ1) is 20.9. The first kappa shape index (κ1) is 35.6. The maximum atomic E-state index is 13.9. The molecule has 3 atom stereocenters. The number of hydrogen-bond acceptors (Lipinski definition) is 7. The third-order valence-electron chi connectivity index (χ3n) is 8.68. The Kier molecular flexibility index (Phi) is 13.7. The maximum Gasteiger partial charge on any atom is 0.303 e. The second-order valence-corrected chi connectivity index (χ2v) is 14.2. The molecule has 8 nitrogen and oxygen atoms in total. The van der Waals surface area contributed by atoms with Crippen molar-refractivity contribution >= 4 is 34.8 Å². The normalized spacial score (nSPS) is 17.5. The molecule has 1 fully saturated rings. The summed E-state index contributed by atoms with van der Waals surface area (Å²) in [6.07, 6.45) is 7.45. The average Bonchev–Trinajstić information content (AvgIpc) is 3.58. The molecule has 9 heteroatoms. The van der Waals surface area contributed by atoms with Crippen LogP contribution in [0.25, 0.3) is 10.4 Å². The smallest absolute Gasteiger partial charge is 0.303 e. The van der Waals surface area contributed by atoms with Crippen LogP contribution in [-0.4, -0.2) is 62.2 Å². The van der Waals surface area contributed by atoms with Crippen molar-refractivity contribution in [3.8, 4) is 10.4 Å². The van der Waals surface area contributed by atoms with E-state index >= 15 is 0 Å². The summed E-state index contributed by atoms with van der Waals surface area (Å²) in [5.41, 5.74) is 4.50. The molecule has 242 valence electrons. The van der Waals surface area contributed by atoms with E-state index < -0.39 is 29.4 Å². The molecule has 0 radical (unpaired) electrons. The standard InChI is InChI=1S/C35H50N2O6S/c1-24-33(44-23-36-24)26-17-14-25(15-18-26)16-19-31(40)30-21-28(39)22-37(30)34(43)29(35(2,3)4)20-27(38)12-10-8-6-5-7-9-11-13-32(41)42/h14-15,17-18,23,28-30,39H,5-13,16,19-22H2,1-4H3,(H,41,42)/t28-,29-,30+/m1/s1. The lowest BCUT2D eigenvalue weighted by Crippen LogP contribution is -2.47. The Morgan fingerprint density at radius 1 is 0.955 bits per heavy atom. The van der Waals surface area contributed by atoms with E-state index in [1.807, 2.05) is 57.5 Å². The van der Waals surface area contributed by atoms with Gasteiger partial charge in [-0.05, 0) is 42.7 Å². The van der Waals surface area contributed by atoms with Gasteiger partial charge in [0.05, 0.1) is 28.2 Å². The summed E-state index contributed by atoms with van der Waals surface area (Å²) >= 11 is 1.60. The van der Waals surface area contributed by atoms with Gasteiger partial charge in [-0.3, -0.25) is 19.2 Å². The molecule has 44 heavy (non-hydrogen) atoms. The molecular formula is C35H50N2O6S. The second kappa shape index (κ2) is 17.0. The fourth-order valence-corrected chi connectivity index (χ4v) is 6.79. The van der Waals surface area contributed by atoms with Crippen LogP contribution in [0, 0.1) is 18.3 Å². The Balaban J connectivity index is 1.50. The van der Waals surface area contributed by atoms with Gasteiger partial charge in [-0.2, -0.15) is 0 Å². The van der Waals surface area contributed by atoms with Gasteiger partial charge in [-0.15, -0.1) is 11.3 Å². The van der Waals surface area contributed by atoms with Crippen molar-refractivity contribution < 1.29 is 29.4 Å². The van der Waals surface area contributed by atoms with Gasteiger partial charge in [-0.25, -0.2) is 4.98 Å². The number of likely N-dealkylation sites (tertiary alicyclic amines) is 1. The molecule has 1 aromatic heterocycles. The number of unbranched alkanes of at least 4 members (excludes halogenated alkanes) is 6. The number of thiazole rings is 1. The fraction of sp³-hybridized carbons (Fsp3) is 0.629. The van der Waals surface area contributed by atoms with Crippen LogP contribution in [0.1, 0.15) is 109 Å². The number of carbonyl (C=O) groups is 4. The van der Waals surface area contributed by atoms with E-state index in [2.05, 4.69) is 4.98 Å². The van der Waals surface area contributed by atoms with Crippen LogP contribution in [0.3, 0.4) is 0 Å². The number of aliphatic hydroxyl groups excluding tert-OH is 1. The number of aliphatic carboxylic acids is 1. The highest BCUT2D eigenvalue weighted by Gasteiger charge is 2.44. The van der Waals surface area contributed by atoms with Crippen molar-refractivity contribution in [2.24, 2.45) is 11.3 Å². The number of Topliss-reactive ketones (excluding diaryl/α,β-unsaturated/α-hetero) is 2. The summed E-state index contributed by atoms with van der Waals surface area (Å²) in [6, 6.07) is 7.47. The summed E-state index contributed by atoms with van der Waals surface area (Å²) in [5.74, 6) is -1.53. The SMILES string of the molecule is Cc1ncsc1-c1ccc(CCC(=O)[C@@H]2C[C@@H](O)CN2C(=O)[C@@H](CC(=O)CCCCCCCCCC(=O)O)C(C)(C)C)cc1. The zero-order chi connectivity index (χ0) is 32.3. The predicted octanol–water partition coefficient (Wildman–Crippen LogP) is 6.80. The topological polar surface area (TPSA) is 125 Å². The number of nitrogens with zero attached hydrogens (tertiary/aromatic N) is 2. The van der Waals surface area contributed by atoms with Crippen molar-refractivity contribution in [3.63, 3.8) is 0 Å². The highest BCUT2D eigenvalue weighted by atomic mass is 32.1. The largest absolute Gasteiger partial charge is 0.481 e. The number of ketones is 2. The summed E-state index contributed by atoms with van der Waals surface area (Å²) in [7, 11) is 0. The minimum Gasteiger partial charge on any atom is -0.481 e. The van der Waals surface area contributed by atoms with Gasteiger partial charge in [0.2, 0.25) is 5.91 Å². The van der Waals surface area contributed by atoms with Crippen molar-refractivity contribution in [3.05, 3.63) is 41.0 Å². The lowest BCUT2D eigenvalue weighted by atomic mass is 9.76. The van der Waals surface area contributed by atoms with Crippen molar-refractivity contribution in [1.82, 2.24) is 9.88 Å². The van der Waals surface area contributed by atoms with Gasteiger partial charge in [0, 0.05) is 44.6 Å². The molecule has 1 aliphatic heterocycles. The van der Waals surface area contributed by atoms with Crippen LogP contribution in [0.4, 0.5) is 0 Å². The molecular weight excluding hydrogens is 576 g/mol. The van der Waals surface area contributed by atoms with Crippen LogP contribution in [0.15, 0.2) is 29.8 Å². The molecule has 0 unspecified atom stereocenters. The zero-order valence-corrected chi connectivity index (χ0v) is 27.7. The van der Waals surface area contributed by atoms with Gasteiger partial charge in [0.15, 0.2) is 5.78 Å². The maximum absolute atomic E-state index is 13.9. The average molecular weight is 627 g/mol. The number of carbonyl (C=O) groups excluding carboxylic acids is 3. The van der Waals surface area contributed by atoms with Crippen LogP contribution in [0.5, 0.6) is 0 Å². The summed E-state index contributed by atoms with van der Waals surface area (Å²) in [6.45, 7) is 7.96. The number of aliphatic hydroxyl groups is 1. The number of aromatic nitrogens is 1. The molecule has 0 saturated carbocycles. The van der Waals surface area contributed by atoms with E-state index in [1.165, 1.54) is 4.90 Å². The van der Waals surface area contributed by atoms with E-state index in [-0.39, 0.29) is 49.7 Å².